The number of para-hydroxylation sites is 1. The molecule has 0 radical (unpaired) electrons. The number of carbonyl (C=O) groups is 1. The number of carbonyl (C=O) groups excluding carboxylic acids is 1. The standard InChI is InChI=1S/C14H10ClNO3S/c1-8(17)19-12-7-14-11(6-9(12)15)16-10-4-2-3-5-13(10)20(14)18/h2-7,16H,1H3. The quantitative estimate of drug-likeness (QED) is 0.552. The van der Waals surface area contributed by atoms with E-state index in [1.54, 1.807) is 12.1 Å². The van der Waals surface area contributed by atoms with E-state index in [1.165, 1.54) is 13.0 Å². The molecular weight excluding hydrogens is 298 g/mol. The summed E-state index contributed by atoms with van der Waals surface area (Å²) in [7, 11) is -1.34. The highest BCUT2D eigenvalue weighted by Gasteiger charge is 2.23. The zero-order valence-electron chi connectivity index (χ0n) is 10.5. The van der Waals surface area contributed by atoms with Gasteiger partial charge in [-0.05, 0) is 18.2 Å². The maximum atomic E-state index is 12.5. The number of esters is 1. The molecule has 4 nitrogen and oxygen atoms in total. The second kappa shape index (κ2) is 4.92. The number of hydrogen-bond donors (Lipinski definition) is 1. The van der Waals surface area contributed by atoms with E-state index in [9.17, 15) is 9.00 Å². The Morgan fingerprint density at radius 3 is 2.70 bits per heavy atom. The Bertz CT molecular complexity index is 745. The summed E-state index contributed by atoms with van der Waals surface area (Å²) in [5.41, 5.74) is 1.44. The molecular formula is C14H10ClNO3S. The summed E-state index contributed by atoms with van der Waals surface area (Å²) in [5.74, 6) is -0.255. The van der Waals surface area contributed by atoms with Gasteiger partial charge in [-0.2, -0.15) is 0 Å². The van der Waals surface area contributed by atoms with E-state index < -0.39 is 16.8 Å². The number of benzene rings is 2. The molecule has 2 aromatic carbocycles. The molecule has 1 atom stereocenters. The third-order valence-corrected chi connectivity index (χ3v) is 4.63. The summed E-state index contributed by atoms with van der Waals surface area (Å²) in [5, 5.41) is 3.47. The second-order valence-electron chi connectivity index (χ2n) is 4.26. The van der Waals surface area contributed by atoms with Gasteiger partial charge in [0.1, 0.15) is 0 Å². The average Bonchev–Trinajstić information content (AvgIpc) is 2.40. The normalized spacial score (nSPS) is 15.8. The van der Waals surface area contributed by atoms with Crippen molar-refractivity contribution in [3.63, 3.8) is 0 Å². The van der Waals surface area contributed by atoms with E-state index in [-0.39, 0.29) is 5.75 Å². The molecule has 1 aliphatic rings. The molecule has 6 heteroatoms. The molecule has 0 amide bonds. The molecule has 0 spiro atoms. The number of rotatable bonds is 1. The molecule has 0 saturated carbocycles. The van der Waals surface area contributed by atoms with Crippen molar-refractivity contribution in [3.8, 4) is 5.75 Å². The first-order chi connectivity index (χ1) is 9.56. The van der Waals surface area contributed by atoms with Crippen molar-refractivity contribution >= 4 is 39.7 Å². The van der Waals surface area contributed by atoms with Gasteiger partial charge in [0.05, 0.1) is 37.0 Å². The van der Waals surface area contributed by atoms with Gasteiger partial charge in [-0.3, -0.25) is 4.79 Å². The minimum Gasteiger partial charge on any atom is -0.425 e. The lowest BCUT2D eigenvalue weighted by atomic mass is 10.2. The molecule has 0 aromatic heterocycles. The zero-order chi connectivity index (χ0) is 14.3. The monoisotopic (exact) mass is 307 g/mol. The van der Waals surface area contributed by atoms with E-state index in [4.69, 9.17) is 16.3 Å². The lowest BCUT2D eigenvalue weighted by Gasteiger charge is -2.21. The van der Waals surface area contributed by atoms with Crippen LogP contribution in [0.5, 0.6) is 5.75 Å². The van der Waals surface area contributed by atoms with Gasteiger partial charge in [0.15, 0.2) is 5.75 Å². The molecule has 0 bridgehead atoms. The van der Waals surface area contributed by atoms with Crippen LogP contribution in [-0.4, -0.2) is 10.2 Å². The molecule has 1 aliphatic heterocycles. The van der Waals surface area contributed by atoms with Crippen LogP contribution in [0.15, 0.2) is 46.2 Å². The lowest BCUT2D eigenvalue weighted by molar-refractivity contribution is -0.131. The number of anilines is 2. The minimum absolute atomic E-state index is 0.215. The molecule has 3 rings (SSSR count). The Morgan fingerprint density at radius 2 is 1.95 bits per heavy atom. The van der Waals surface area contributed by atoms with Gasteiger partial charge < -0.3 is 10.1 Å². The van der Waals surface area contributed by atoms with Gasteiger partial charge in [-0.1, -0.05) is 23.7 Å². The molecule has 1 heterocycles. The maximum Gasteiger partial charge on any atom is 0.308 e. The van der Waals surface area contributed by atoms with Gasteiger partial charge in [-0.15, -0.1) is 0 Å². The van der Waals surface area contributed by atoms with E-state index >= 15 is 0 Å². The van der Waals surface area contributed by atoms with E-state index in [2.05, 4.69) is 5.32 Å². The first-order valence-corrected chi connectivity index (χ1v) is 7.39. The van der Waals surface area contributed by atoms with Crippen LogP contribution in [0.25, 0.3) is 0 Å². The third kappa shape index (κ3) is 2.19. The molecule has 1 N–H and O–H groups in total. The fourth-order valence-electron chi connectivity index (χ4n) is 2.01. The van der Waals surface area contributed by atoms with Crippen molar-refractivity contribution in [1.82, 2.24) is 0 Å². The fourth-order valence-corrected chi connectivity index (χ4v) is 3.50. The first-order valence-electron chi connectivity index (χ1n) is 5.86. The SMILES string of the molecule is CC(=O)Oc1cc2c(cc1Cl)Nc1ccccc1S2=O. The van der Waals surface area contributed by atoms with Gasteiger partial charge in [0.2, 0.25) is 0 Å². The average molecular weight is 308 g/mol. The van der Waals surface area contributed by atoms with Crippen molar-refractivity contribution in [1.29, 1.82) is 0 Å². The first kappa shape index (κ1) is 13.1. The molecule has 102 valence electrons. The summed E-state index contributed by atoms with van der Waals surface area (Å²) in [4.78, 5) is 12.3. The third-order valence-electron chi connectivity index (χ3n) is 2.84. The van der Waals surface area contributed by atoms with Crippen LogP contribution in [0, 0.1) is 0 Å². The summed E-state index contributed by atoms with van der Waals surface area (Å²) >= 11 is 6.06. The topological polar surface area (TPSA) is 55.4 Å². The Labute approximate surface area is 123 Å². The Kier molecular flexibility index (Phi) is 3.23. The molecule has 0 fully saturated rings. The van der Waals surface area contributed by atoms with Crippen molar-refractivity contribution in [2.24, 2.45) is 0 Å². The van der Waals surface area contributed by atoms with Crippen LogP contribution >= 0.6 is 11.6 Å². The van der Waals surface area contributed by atoms with Crippen LogP contribution in [0.1, 0.15) is 6.92 Å². The van der Waals surface area contributed by atoms with Crippen LogP contribution < -0.4 is 10.1 Å². The van der Waals surface area contributed by atoms with Gasteiger partial charge in [0, 0.05) is 13.0 Å². The van der Waals surface area contributed by atoms with Crippen molar-refractivity contribution in [2.75, 3.05) is 5.32 Å². The Balaban J connectivity index is 2.12. The largest absolute Gasteiger partial charge is 0.425 e. The van der Waals surface area contributed by atoms with E-state index in [0.717, 1.165) is 5.69 Å². The highest BCUT2D eigenvalue weighted by atomic mass is 35.5. The minimum atomic E-state index is -1.34. The molecule has 0 aliphatic carbocycles. The van der Waals surface area contributed by atoms with Gasteiger partial charge in [-0.25, -0.2) is 4.21 Å². The van der Waals surface area contributed by atoms with Crippen molar-refractivity contribution in [3.05, 3.63) is 41.4 Å². The number of nitrogens with one attached hydrogen (secondary N) is 1. The predicted octanol–water partition coefficient (Wildman–Crippen LogP) is 3.49. The smallest absolute Gasteiger partial charge is 0.308 e. The number of fused-ring (bicyclic) bond motifs is 2. The highest BCUT2D eigenvalue weighted by Crippen LogP contribution is 2.41. The number of ether oxygens (including phenoxy) is 1. The summed E-state index contributed by atoms with van der Waals surface area (Å²) in [6, 6.07) is 10.5. The van der Waals surface area contributed by atoms with Crippen LogP contribution in [-0.2, 0) is 15.6 Å². The number of halogens is 1. The van der Waals surface area contributed by atoms with Crippen LogP contribution in [0.2, 0.25) is 5.02 Å². The molecule has 1 unspecified atom stereocenters. The van der Waals surface area contributed by atoms with Gasteiger partial charge in [0.25, 0.3) is 0 Å². The zero-order valence-corrected chi connectivity index (χ0v) is 12.0. The Hall–Kier alpha value is -1.85. The summed E-state index contributed by atoms with van der Waals surface area (Å²) < 4.78 is 17.6. The maximum absolute atomic E-state index is 12.5. The van der Waals surface area contributed by atoms with Crippen molar-refractivity contribution < 1.29 is 13.7 Å². The second-order valence-corrected chi connectivity index (χ2v) is 6.09. The van der Waals surface area contributed by atoms with Crippen LogP contribution in [0.3, 0.4) is 0 Å². The van der Waals surface area contributed by atoms with E-state index in [1.807, 2.05) is 18.2 Å². The summed E-state index contributed by atoms with van der Waals surface area (Å²) in [6.07, 6.45) is 0. The lowest BCUT2D eigenvalue weighted by Crippen LogP contribution is -2.10. The fraction of sp³-hybridized carbons (Fsp3) is 0.0714. The molecule has 20 heavy (non-hydrogen) atoms. The van der Waals surface area contributed by atoms with E-state index in [0.29, 0.717) is 20.5 Å². The Morgan fingerprint density at radius 1 is 1.20 bits per heavy atom. The van der Waals surface area contributed by atoms with Crippen molar-refractivity contribution in [2.45, 2.75) is 16.7 Å². The highest BCUT2D eigenvalue weighted by molar-refractivity contribution is 7.85. The van der Waals surface area contributed by atoms with Gasteiger partial charge >= 0.3 is 5.97 Å². The number of hydrogen-bond acceptors (Lipinski definition) is 4. The summed E-state index contributed by atoms with van der Waals surface area (Å²) in [6.45, 7) is 1.29. The molecule has 2 aromatic rings. The molecule has 0 saturated heterocycles. The van der Waals surface area contributed by atoms with Crippen LogP contribution in [0.4, 0.5) is 11.4 Å². The predicted molar refractivity (Wildman–Crippen MR) is 77.2 cm³/mol.